The Morgan fingerprint density at radius 3 is 2.64 bits per heavy atom. The number of ether oxygens (including phenoxy) is 1. The average Bonchev–Trinajstić information content (AvgIpc) is 2.31. The molecule has 0 aromatic heterocycles. The molecular weight excluding hydrogens is 172 g/mol. The third-order valence-corrected chi connectivity index (χ3v) is 2.09. The first-order valence-electron chi connectivity index (χ1n) is 3.41. The molecule has 1 heterocycles. The fraction of sp³-hybridized carbons (Fsp3) is 1.00. The Kier molecular flexibility index (Phi) is 3.09. The van der Waals surface area contributed by atoms with Crippen LogP contribution in [0.1, 0.15) is 6.42 Å². The smallest absolute Gasteiger partial charge is 0.171 e. The van der Waals surface area contributed by atoms with Crippen molar-refractivity contribution in [2.24, 2.45) is 0 Å². The first-order chi connectivity index (χ1) is 5.15. The lowest BCUT2D eigenvalue weighted by Gasteiger charge is -2.14. The van der Waals surface area contributed by atoms with Crippen molar-refractivity contribution in [3.63, 3.8) is 0 Å². The van der Waals surface area contributed by atoms with Crippen LogP contribution < -0.4 is 0 Å². The molecule has 0 radical (unpaired) electrons. The second-order valence-corrected chi connectivity index (χ2v) is 3.13. The summed E-state index contributed by atoms with van der Waals surface area (Å²) in [7, 11) is 0. The normalized spacial score (nSPS) is 40.9. The number of halogens is 1. The molecule has 0 unspecified atom stereocenters. The Morgan fingerprint density at radius 2 is 2.27 bits per heavy atom. The standard InChI is InChI=1S/C6H11ClO4/c7-3-1-5(4(9)2-8)11-6(3)10/h3-6,8-10H,1-2H2/t3-,4+,5-,6-/m0/s1. The zero-order valence-electron chi connectivity index (χ0n) is 5.85. The summed E-state index contributed by atoms with van der Waals surface area (Å²) >= 11 is 5.59. The van der Waals surface area contributed by atoms with E-state index < -0.39 is 23.9 Å². The highest BCUT2D eigenvalue weighted by atomic mass is 35.5. The molecule has 1 aliphatic heterocycles. The maximum absolute atomic E-state index is 9.05. The van der Waals surface area contributed by atoms with E-state index in [1.165, 1.54) is 0 Å². The zero-order valence-corrected chi connectivity index (χ0v) is 6.61. The topological polar surface area (TPSA) is 69.9 Å². The van der Waals surface area contributed by atoms with Crippen LogP contribution in [0.4, 0.5) is 0 Å². The van der Waals surface area contributed by atoms with Gasteiger partial charge in [-0.25, -0.2) is 0 Å². The molecule has 1 saturated heterocycles. The molecule has 66 valence electrons. The van der Waals surface area contributed by atoms with Crippen molar-refractivity contribution in [2.75, 3.05) is 6.61 Å². The molecule has 5 heteroatoms. The van der Waals surface area contributed by atoms with Crippen LogP contribution in [0.5, 0.6) is 0 Å². The summed E-state index contributed by atoms with van der Waals surface area (Å²) in [6.45, 7) is -0.374. The first kappa shape index (κ1) is 9.22. The van der Waals surface area contributed by atoms with E-state index in [-0.39, 0.29) is 6.61 Å². The largest absolute Gasteiger partial charge is 0.394 e. The van der Waals surface area contributed by atoms with E-state index in [1.54, 1.807) is 0 Å². The Balaban J connectivity index is 2.40. The second kappa shape index (κ2) is 3.69. The van der Waals surface area contributed by atoms with Gasteiger partial charge >= 0.3 is 0 Å². The summed E-state index contributed by atoms with van der Waals surface area (Å²) in [4.78, 5) is 0. The van der Waals surface area contributed by atoms with Gasteiger partial charge in [-0.05, 0) is 6.42 Å². The summed E-state index contributed by atoms with van der Waals surface area (Å²) in [5, 5.41) is 26.0. The van der Waals surface area contributed by atoms with Crippen LogP contribution in [0.25, 0.3) is 0 Å². The van der Waals surface area contributed by atoms with E-state index in [2.05, 4.69) is 0 Å². The van der Waals surface area contributed by atoms with Gasteiger partial charge in [0, 0.05) is 0 Å². The molecule has 4 atom stereocenters. The molecule has 0 aromatic carbocycles. The molecule has 11 heavy (non-hydrogen) atoms. The summed E-state index contributed by atoms with van der Waals surface area (Å²) < 4.78 is 4.84. The third kappa shape index (κ3) is 2.04. The average molecular weight is 183 g/mol. The van der Waals surface area contributed by atoms with Crippen molar-refractivity contribution in [3.8, 4) is 0 Å². The molecule has 3 N–H and O–H groups in total. The van der Waals surface area contributed by atoms with Gasteiger partial charge in [0.2, 0.25) is 0 Å². The first-order valence-corrected chi connectivity index (χ1v) is 3.85. The lowest BCUT2D eigenvalue weighted by molar-refractivity contribution is -0.126. The molecule has 0 bridgehead atoms. The maximum Gasteiger partial charge on any atom is 0.171 e. The minimum absolute atomic E-state index is 0.366. The second-order valence-electron chi connectivity index (χ2n) is 2.57. The number of alkyl halides is 1. The molecule has 0 aliphatic carbocycles. The Labute approximate surface area is 69.4 Å². The predicted octanol–water partition coefficient (Wildman–Crippen LogP) is -0.946. The Hall–Kier alpha value is 0.130. The summed E-state index contributed by atoms with van der Waals surface area (Å²) in [6, 6.07) is 0. The SMILES string of the molecule is OC[C@@H](O)[C@@H]1C[C@H](Cl)[C@@H](O)O1. The van der Waals surface area contributed by atoms with Crippen LogP contribution in [0.2, 0.25) is 0 Å². The summed E-state index contributed by atoms with van der Waals surface area (Å²) in [5.41, 5.74) is 0. The number of aliphatic hydroxyl groups is 3. The minimum atomic E-state index is -1.03. The van der Waals surface area contributed by atoms with Crippen LogP contribution in [-0.2, 0) is 4.74 Å². The fourth-order valence-corrected chi connectivity index (χ4v) is 1.26. The summed E-state index contributed by atoms with van der Waals surface area (Å²) in [6.07, 6.45) is -2.15. The van der Waals surface area contributed by atoms with Gasteiger partial charge in [0.15, 0.2) is 6.29 Å². The molecular formula is C6H11ClO4. The van der Waals surface area contributed by atoms with Crippen LogP contribution in [0, 0.1) is 0 Å². The van der Waals surface area contributed by atoms with Crippen molar-refractivity contribution < 1.29 is 20.1 Å². The van der Waals surface area contributed by atoms with Gasteiger partial charge in [-0.1, -0.05) is 0 Å². The fourth-order valence-electron chi connectivity index (χ4n) is 1.02. The van der Waals surface area contributed by atoms with Gasteiger partial charge in [0.05, 0.1) is 18.1 Å². The molecule has 0 spiro atoms. The van der Waals surface area contributed by atoms with E-state index in [0.717, 1.165) is 0 Å². The third-order valence-electron chi connectivity index (χ3n) is 1.70. The molecule has 4 nitrogen and oxygen atoms in total. The van der Waals surface area contributed by atoms with Gasteiger partial charge in [-0.2, -0.15) is 0 Å². The number of hydrogen-bond acceptors (Lipinski definition) is 4. The van der Waals surface area contributed by atoms with Gasteiger partial charge in [0.25, 0.3) is 0 Å². The molecule has 1 aliphatic rings. The molecule has 0 aromatic rings. The molecule has 1 rings (SSSR count). The number of rotatable bonds is 2. The van der Waals surface area contributed by atoms with E-state index in [1.807, 2.05) is 0 Å². The van der Waals surface area contributed by atoms with Crippen LogP contribution in [-0.4, -0.2) is 45.8 Å². The highest BCUT2D eigenvalue weighted by Gasteiger charge is 2.36. The van der Waals surface area contributed by atoms with Crippen molar-refractivity contribution in [1.82, 2.24) is 0 Å². The predicted molar refractivity (Wildman–Crippen MR) is 38.2 cm³/mol. The molecule has 1 fully saturated rings. The summed E-state index contributed by atoms with van der Waals surface area (Å²) in [5.74, 6) is 0. The number of hydrogen-bond donors (Lipinski definition) is 3. The maximum atomic E-state index is 9.05. The lowest BCUT2D eigenvalue weighted by Crippen LogP contribution is -2.29. The quantitative estimate of drug-likeness (QED) is 0.482. The van der Waals surface area contributed by atoms with Crippen molar-refractivity contribution >= 4 is 11.6 Å². The Bertz CT molecular complexity index is 122. The van der Waals surface area contributed by atoms with Crippen LogP contribution in [0.3, 0.4) is 0 Å². The van der Waals surface area contributed by atoms with E-state index in [0.29, 0.717) is 6.42 Å². The highest BCUT2D eigenvalue weighted by Crippen LogP contribution is 2.25. The molecule has 0 amide bonds. The van der Waals surface area contributed by atoms with Gasteiger partial charge < -0.3 is 20.1 Å². The minimum Gasteiger partial charge on any atom is -0.394 e. The zero-order chi connectivity index (χ0) is 8.43. The Morgan fingerprint density at radius 1 is 1.64 bits per heavy atom. The van der Waals surface area contributed by atoms with Crippen molar-refractivity contribution in [1.29, 1.82) is 0 Å². The van der Waals surface area contributed by atoms with Crippen molar-refractivity contribution in [2.45, 2.75) is 30.3 Å². The number of aliphatic hydroxyl groups excluding tert-OH is 3. The van der Waals surface area contributed by atoms with Crippen LogP contribution in [0.15, 0.2) is 0 Å². The van der Waals surface area contributed by atoms with Crippen molar-refractivity contribution in [3.05, 3.63) is 0 Å². The van der Waals surface area contributed by atoms with E-state index in [9.17, 15) is 0 Å². The lowest BCUT2D eigenvalue weighted by atomic mass is 10.1. The van der Waals surface area contributed by atoms with Crippen LogP contribution >= 0.6 is 11.6 Å². The highest BCUT2D eigenvalue weighted by molar-refractivity contribution is 6.21. The van der Waals surface area contributed by atoms with E-state index in [4.69, 9.17) is 31.7 Å². The monoisotopic (exact) mass is 182 g/mol. The van der Waals surface area contributed by atoms with Gasteiger partial charge in [-0.3, -0.25) is 0 Å². The van der Waals surface area contributed by atoms with Gasteiger partial charge in [-0.15, -0.1) is 11.6 Å². The van der Waals surface area contributed by atoms with Gasteiger partial charge in [0.1, 0.15) is 6.10 Å². The molecule has 0 saturated carbocycles. The van der Waals surface area contributed by atoms with E-state index >= 15 is 0 Å².